The van der Waals surface area contributed by atoms with Gasteiger partial charge in [-0.2, -0.15) is 0 Å². The van der Waals surface area contributed by atoms with E-state index in [0.29, 0.717) is 36.6 Å². The van der Waals surface area contributed by atoms with Crippen LogP contribution < -0.4 is 9.64 Å². The zero-order valence-electron chi connectivity index (χ0n) is 29.3. The molecule has 0 spiro atoms. The molecule has 0 N–H and O–H groups in total. The van der Waals surface area contributed by atoms with Gasteiger partial charge in [0.15, 0.2) is 0 Å². The number of aromatic nitrogens is 6. The predicted octanol–water partition coefficient (Wildman–Crippen LogP) is 5.59. The first-order chi connectivity index (χ1) is 25.5. The summed E-state index contributed by atoms with van der Waals surface area (Å²) in [6.07, 6.45) is 4.34. The average molecular weight is 700 g/mol. The molecular formula is C40H42FN9O2. The Morgan fingerprint density at radius 3 is 2.54 bits per heavy atom. The van der Waals surface area contributed by atoms with Gasteiger partial charge in [-0.1, -0.05) is 54.6 Å². The van der Waals surface area contributed by atoms with Crippen molar-refractivity contribution in [1.82, 2.24) is 39.6 Å². The summed E-state index contributed by atoms with van der Waals surface area (Å²) in [5.41, 5.74) is 5.37. The number of para-hydroxylation sites is 2. The number of likely N-dealkylation sites (tertiary alicyclic amines) is 1. The Morgan fingerprint density at radius 1 is 0.904 bits per heavy atom. The number of hydrogen-bond acceptors (Lipinski definition) is 8. The molecule has 266 valence electrons. The third-order valence-corrected chi connectivity index (χ3v) is 10.7. The molecule has 2 aliphatic rings. The topological polar surface area (TPSA) is 97.4 Å². The summed E-state index contributed by atoms with van der Waals surface area (Å²) in [7, 11) is 1.59. The number of carbonyl (C=O) groups is 1. The minimum absolute atomic E-state index is 0.0569. The fraction of sp³-hybridized carbons (Fsp3) is 0.325. The number of ether oxygens (including phenoxy) is 1. The standard InChI is InChI=1S/C40H42FN9O2/c1-52-37-17-16-33(50-29-42-44-45-50)26-34(37)38(51)48-23-19-40(28-48,31-8-3-2-4-9-31)18-22-46-20-7-21-47(25-24-46)39-43-35-10-5-6-11-36(35)49(39)27-30-12-14-32(41)15-13-30/h2-6,8-17,26,29H,7,18-25,27-28H2,1H3. The highest BCUT2D eigenvalue weighted by molar-refractivity contribution is 5.98. The molecule has 4 heterocycles. The average Bonchev–Trinajstić information content (AvgIpc) is 3.92. The summed E-state index contributed by atoms with van der Waals surface area (Å²) in [6, 6.07) is 31.1. The van der Waals surface area contributed by atoms with Gasteiger partial charge in [0.2, 0.25) is 5.95 Å². The first-order valence-electron chi connectivity index (χ1n) is 17.9. The van der Waals surface area contributed by atoms with Gasteiger partial charge in [0.1, 0.15) is 17.9 Å². The van der Waals surface area contributed by atoms with Gasteiger partial charge in [0, 0.05) is 38.1 Å². The van der Waals surface area contributed by atoms with Crippen LogP contribution in [0.25, 0.3) is 16.7 Å². The predicted molar refractivity (Wildman–Crippen MR) is 197 cm³/mol. The van der Waals surface area contributed by atoms with Crippen LogP contribution in [0.3, 0.4) is 0 Å². The van der Waals surface area contributed by atoms with E-state index < -0.39 is 0 Å². The lowest BCUT2D eigenvalue weighted by Crippen LogP contribution is -2.39. The Kier molecular flexibility index (Phi) is 9.38. The van der Waals surface area contributed by atoms with E-state index in [1.165, 1.54) is 28.7 Å². The van der Waals surface area contributed by atoms with E-state index in [2.05, 4.69) is 72.4 Å². The van der Waals surface area contributed by atoms with Gasteiger partial charge >= 0.3 is 0 Å². The molecule has 1 amide bonds. The summed E-state index contributed by atoms with van der Waals surface area (Å²) < 4.78 is 23.1. The second-order valence-corrected chi connectivity index (χ2v) is 13.8. The Balaban J connectivity index is 0.986. The maximum absolute atomic E-state index is 14.2. The molecule has 0 radical (unpaired) electrons. The van der Waals surface area contributed by atoms with Crippen LogP contribution in [0.4, 0.5) is 10.3 Å². The third-order valence-electron chi connectivity index (χ3n) is 10.7. The monoisotopic (exact) mass is 699 g/mol. The maximum atomic E-state index is 14.2. The molecule has 2 fully saturated rings. The fourth-order valence-electron chi connectivity index (χ4n) is 7.88. The Labute approximate surface area is 302 Å². The van der Waals surface area contributed by atoms with Crippen molar-refractivity contribution in [3.05, 3.63) is 126 Å². The number of hydrogen-bond donors (Lipinski definition) is 0. The quantitative estimate of drug-likeness (QED) is 0.183. The first kappa shape index (κ1) is 33.5. The number of nitrogens with zero attached hydrogens (tertiary/aromatic N) is 9. The number of rotatable bonds is 10. The van der Waals surface area contributed by atoms with Gasteiger partial charge in [0.25, 0.3) is 5.91 Å². The van der Waals surface area contributed by atoms with Crippen molar-refractivity contribution >= 4 is 22.9 Å². The summed E-state index contributed by atoms with van der Waals surface area (Å²) in [5.74, 6) is 1.20. The molecular weight excluding hydrogens is 657 g/mol. The first-order valence-corrected chi connectivity index (χ1v) is 17.9. The van der Waals surface area contributed by atoms with E-state index >= 15 is 0 Å². The molecule has 0 bridgehead atoms. The van der Waals surface area contributed by atoms with Crippen LogP contribution in [0, 0.1) is 5.82 Å². The van der Waals surface area contributed by atoms with Crippen LogP contribution in [0.1, 0.15) is 40.7 Å². The van der Waals surface area contributed by atoms with Crippen molar-refractivity contribution < 1.29 is 13.9 Å². The SMILES string of the molecule is COc1ccc(-n2cnnn2)cc1C(=O)N1CCC(CCN2CCCN(c3nc4ccccc4n3Cc3ccc(F)cc3)CC2)(c2ccccc2)C1. The maximum Gasteiger partial charge on any atom is 0.257 e. The zero-order valence-corrected chi connectivity index (χ0v) is 29.3. The molecule has 2 aromatic heterocycles. The van der Waals surface area contributed by atoms with Gasteiger partial charge in [0.05, 0.1) is 35.9 Å². The molecule has 52 heavy (non-hydrogen) atoms. The van der Waals surface area contributed by atoms with Crippen molar-refractivity contribution in [2.45, 2.75) is 31.2 Å². The van der Waals surface area contributed by atoms with Crippen molar-refractivity contribution in [1.29, 1.82) is 0 Å². The van der Waals surface area contributed by atoms with Crippen molar-refractivity contribution in [3.63, 3.8) is 0 Å². The number of carbonyl (C=O) groups excluding carboxylic acids is 1. The van der Waals surface area contributed by atoms with Crippen LogP contribution in [-0.4, -0.2) is 98.4 Å². The number of tetrazole rings is 1. The molecule has 0 aliphatic carbocycles. The second-order valence-electron chi connectivity index (χ2n) is 13.8. The lowest BCUT2D eigenvalue weighted by atomic mass is 9.76. The molecule has 2 saturated heterocycles. The Hall–Kier alpha value is -5.62. The van der Waals surface area contributed by atoms with Gasteiger partial charge < -0.3 is 24.0 Å². The van der Waals surface area contributed by atoms with Gasteiger partial charge in [-0.3, -0.25) is 4.79 Å². The lowest BCUT2D eigenvalue weighted by Gasteiger charge is -2.33. The summed E-state index contributed by atoms with van der Waals surface area (Å²) >= 11 is 0. The third kappa shape index (κ3) is 6.73. The Bertz CT molecular complexity index is 2140. The number of methoxy groups -OCH3 is 1. The van der Waals surface area contributed by atoms with E-state index in [1.54, 1.807) is 19.2 Å². The van der Waals surface area contributed by atoms with E-state index in [9.17, 15) is 9.18 Å². The minimum Gasteiger partial charge on any atom is -0.496 e. The summed E-state index contributed by atoms with van der Waals surface area (Å²) in [4.78, 5) is 26.2. The number of fused-ring (bicyclic) bond motifs is 1. The number of benzene rings is 4. The molecule has 12 heteroatoms. The van der Waals surface area contributed by atoms with Crippen LogP contribution >= 0.6 is 0 Å². The molecule has 1 unspecified atom stereocenters. The highest BCUT2D eigenvalue weighted by atomic mass is 19.1. The number of imidazole rings is 1. The molecule has 6 aromatic rings. The number of amides is 1. The lowest BCUT2D eigenvalue weighted by molar-refractivity contribution is 0.0777. The van der Waals surface area contributed by atoms with Gasteiger partial charge in [-0.15, -0.1) is 5.10 Å². The van der Waals surface area contributed by atoms with E-state index in [-0.39, 0.29) is 17.1 Å². The van der Waals surface area contributed by atoms with Crippen molar-refractivity contribution in [2.75, 3.05) is 57.8 Å². The molecule has 2 aliphatic heterocycles. The van der Waals surface area contributed by atoms with E-state index in [4.69, 9.17) is 9.72 Å². The normalized spacial score (nSPS) is 18.2. The Morgan fingerprint density at radius 2 is 1.73 bits per heavy atom. The molecule has 11 nitrogen and oxygen atoms in total. The second kappa shape index (κ2) is 14.5. The van der Waals surface area contributed by atoms with Gasteiger partial charge in [-0.25, -0.2) is 14.1 Å². The molecule has 4 aromatic carbocycles. The van der Waals surface area contributed by atoms with Crippen molar-refractivity contribution in [2.24, 2.45) is 0 Å². The number of anilines is 1. The van der Waals surface area contributed by atoms with Crippen LogP contribution in [0.15, 0.2) is 103 Å². The molecule has 8 rings (SSSR count). The van der Waals surface area contributed by atoms with Gasteiger partial charge in [-0.05, 0) is 96.4 Å². The van der Waals surface area contributed by atoms with E-state index in [1.807, 2.05) is 35.2 Å². The van der Waals surface area contributed by atoms with E-state index in [0.717, 1.165) is 74.5 Å². The molecule has 1 atom stereocenters. The highest BCUT2D eigenvalue weighted by Crippen LogP contribution is 2.39. The smallest absolute Gasteiger partial charge is 0.257 e. The fourth-order valence-corrected chi connectivity index (χ4v) is 7.88. The zero-order chi connectivity index (χ0) is 35.5. The molecule has 0 saturated carbocycles. The largest absolute Gasteiger partial charge is 0.496 e. The summed E-state index contributed by atoms with van der Waals surface area (Å²) in [6.45, 7) is 6.49. The van der Waals surface area contributed by atoms with Crippen LogP contribution in [0.2, 0.25) is 0 Å². The highest BCUT2D eigenvalue weighted by Gasteiger charge is 2.42. The van der Waals surface area contributed by atoms with Crippen LogP contribution in [0.5, 0.6) is 5.75 Å². The van der Waals surface area contributed by atoms with Crippen molar-refractivity contribution in [3.8, 4) is 11.4 Å². The number of halogens is 1. The summed E-state index contributed by atoms with van der Waals surface area (Å²) in [5, 5.41) is 11.5. The van der Waals surface area contributed by atoms with Crippen LogP contribution in [-0.2, 0) is 12.0 Å². The minimum atomic E-state index is -0.231.